The van der Waals surface area contributed by atoms with Crippen LogP contribution in [0.2, 0.25) is 5.02 Å². The highest BCUT2D eigenvalue weighted by Gasteiger charge is 2.76. The maximum absolute atomic E-state index is 13.6. The molecule has 1 spiro atoms. The average molecular weight is 404 g/mol. The summed E-state index contributed by atoms with van der Waals surface area (Å²) in [5, 5.41) is 3.57. The van der Waals surface area contributed by atoms with Crippen molar-refractivity contribution in [2.45, 2.75) is 49.9 Å². The Labute approximate surface area is 168 Å². The topological polar surface area (TPSA) is 70.2 Å². The smallest absolute Gasteiger partial charge is 0.401 e. The van der Waals surface area contributed by atoms with Crippen LogP contribution >= 0.6 is 11.6 Å². The summed E-state index contributed by atoms with van der Waals surface area (Å²) in [6, 6.07) is 7.29. The maximum atomic E-state index is 13.6. The molecule has 28 heavy (non-hydrogen) atoms. The van der Waals surface area contributed by atoms with Crippen LogP contribution in [0.4, 0.5) is 0 Å². The van der Waals surface area contributed by atoms with Gasteiger partial charge in [0.25, 0.3) is 11.6 Å². The van der Waals surface area contributed by atoms with Crippen molar-refractivity contribution in [1.82, 2.24) is 14.9 Å². The van der Waals surface area contributed by atoms with Gasteiger partial charge in [0.2, 0.25) is 0 Å². The Kier molecular flexibility index (Phi) is 3.97. The quantitative estimate of drug-likeness (QED) is 0.558. The number of carbonyl (C=O) groups is 3. The zero-order valence-electron chi connectivity index (χ0n) is 15.6. The first kappa shape index (κ1) is 17.9. The molecule has 5 rings (SSSR count). The van der Waals surface area contributed by atoms with Crippen molar-refractivity contribution >= 4 is 29.4 Å². The molecule has 3 unspecified atom stereocenters. The molecule has 3 saturated heterocycles. The van der Waals surface area contributed by atoms with E-state index in [-0.39, 0.29) is 23.9 Å². The maximum Gasteiger partial charge on any atom is 0.401 e. The van der Waals surface area contributed by atoms with Gasteiger partial charge in [-0.3, -0.25) is 9.59 Å². The van der Waals surface area contributed by atoms with Crippen molar-refractivity contribution in [2.24, 2.45) is 5.92 Å². The van der Waals surface area contributed by atoms with Gasteiger partial charge >= 0.3 is 11.9 Å². The first-order valence-electron chi connectivity index (χ1n) is 9.82. The highest BCUT2D eigenvalue weighted by atomic mass is 35.5. The zero-order valence-corrected chi connectivity index (χ0v) is 16.4. The molecule has 1 aliphatic carbocycles. The largest absolute Gasteiger partial charge is 0.420 e. The van der Waals surface area contributed by atoms with Crippen molar-refractivity contribution in [3.8, 4) is 0 Å². The number of hydrazine groups is 1. The SMILES string of the molecule is CN1C(c2ccc(Cl)cc2)C2CN(C3CCCCC3)C(=O)C23OC(=O)C(=O)N13. The molecule has 0 bridgehead atoms. The van der Waals surface area contributed by atoms with Gasteiger partial charge in [-0.05, 0) is 30.5 Å². The Morgan fingerprint density at radius 3 is 2.43 bits per heavy atom. The van der Waals surface area contributed by atoms with E-state index in [0.29, 0.717) is 11.6 Å². The van der Waals surface area contributed by atoms with E-state index in [1.807, 2.05) is 17.0 Å². The van der Waals surface area contributed by atoms with Crippen molar-refractivity contribution < 1.29 is 19.1 Å². The van der Waals surface area contributed by atoms with Crippen molar-refractivity contribution in [2.75, 3.05) is 13.6 Å². The number of amides is 2. The lowest BCUT2D eigenvalue weighted by Crippen LogP contribution is -2.55. The predicted octanol–water partition coefficient (Wildman–Crippen LogP) is 2.11. The zero-order chi connectivity index (χ0) is 19.6. The summed E-state index contributed by atoms with van der Waals surface area (Å²) in [5.41, 5.74) is -0.613. The summed E-state index contributed by atoms with van der Waals surface area (Å²) in [7, 11) is 1.73. The molecule has 3 aliphatic heterocycles. The second-order valence-electron chi connectivity index (χ2n) is 8.13. The molecule has 4 aliphatic rings. The van der Waals surface area contributed by atoms with Crippen LogP contribution in [0.1, 0.15) is 43.7 Å². The van der Waals surface area contributed by atoms with Gasteiger partial charge in [-0.25, -0.2) is 14.8 Å². The van der Waals surface area contributed by atoms with E-state index in [9.17, 15) is 14.4 Å². The second-order valence-corrected chi connectivity index (χ2v) is 8.57. The van der Waals surface area contributed by atoms with E-state index in [1.165, 1.54) is 11.4 Å². The van der Waals surface area contributed by atoms with E-state index in [2.05, 4.69) is 0 Å². The van der Waals surface area contributed by atoms with Crippen LogP contribution < -0.4 is 0 Å². The summed E-state index contributed by atoms with van der Waals surface area (Å²) in [4.78, 5) is 40.2. The number of halogens is 1. The standard InChI is InChI=1S/C20H22ClN3O4/c1-22-16(12-7-9-13(21)10-8-12)15-11-23(14-5-3-2-4-6-14)19(27)20(15)24(22)17(25)18(26)28-20/h7-10,14-16H,2-6,11H2,1H3. The first-order chi connectivity index (χ1) is 13.4. The van der Waals surface area contributed by atoms with Crippen LogP contribution in [-0.2, 0) is 19.1 Å². The van der Waals surface area contributed by atoms with Crippen LogP contribution in [0.3, 0.4) is 0 Å². The molecule has 3 atom stereocenters. The summed E-state index contributed by atoms with van der Waals surface area (Å²) in [5.74, 6) is -2.33. The summed E-state index contributed by atoms with van der Waals surface area (Å²) < 4.78 is 5.57. The monoisotopic (exact) mass is 403 g/mol. The fourth-order valence-electron chi connectivity index (χ4n) is 5.51. The molecule has 4 fully saturated rings. The van der Waals surface area contributed by atoms with E-state index in [0.717, 1.165) is 31.2 Å². The minimum atomic E-state index is -1.55. The van der Waals surface area contributed by atoms with Crippen LogP contribution in [0.15, 0.2) is 24.3 Å². The Hall–Kier alpha value is -2.12. The number of rotatable bonds is 2. The summed E-state index contributed by atoms with van der Waals surface area (Å²) in [6.07, 6.45) is 5.28. The van der Waals surface area contributed by atoms with Gasteiger partial charge in [0.1, 0.15) is 0 Å². The fourth-order valence-corrected chi connectivity index (χ4v) is 5.63. The summed E-state index contributed by atoms with van der Waals surface area (Å²) in [6.45, 7) is 0.470. The lowest BCUT2D eigenvalue weighted by molar-refractivity contribution is -0.178. The van der Waals surface area contributed by atoms with Gasteiger partial charge in [0.15, 0.2) is 0 Å². The van der Waals surface area contributed by atoms with Crippen molar-refractivity contribution in [3.63, 3.8) is 0 Å². The Morgan fingerprint density at radius 2 is 1.75 bits per heavy atom. The number of ether oxygens (including phenoxy) is 1. The van der Waals surface area contributed by atoms with Gasteiger partial charge in [0.05, 0.1) is 12.0 Å². The minimum absolute atomic E-state index is 0.147. The number of likely N-dealkylation sites (tertiary alicyclic amines) is 1. The third-order valence-corrected chi connectivity index (χ3v) is 6.97. The van der Waals surface area contributed by atoms with Gasteiger partial charge < -0.3 is 9.64 Å². The van der Waals surface area contributed by atoms with E-state index in [1.54, 1.807) is 24.2 Å². The number of hydrogen-bond donors (Lipinski definition) is 0. The molecular weight excluding hydrogens is 382 g/mol. The van der Waals surface area contributed by atoms with Gasteiger partial charge in [-0.1, -0.05) is 43.0 Å². The van der Waals surface area contributed by atoms with Gasteiger partial charge in [-0.15, -0.1) is 0 Å². The lowest BCUT2D eigenvalue weighted by atomic mass is 9.88. The van der Waals surface area contributed by atoms with E-state index < -0.39 is 17.6 Å². The molecule has 7 nitrogen and oxygen atoms in total. The molecule has 8 heteroatoms. The molecule has 0 radical (unpaired) electrons. The molecule has 2 amide bonds. The molecule has 1 aromatic carbocycles. The average Bonchev–Trinajstić information content (AvgIpc) is 3.22. The van der Waals surface area contributed by atoms with Crippen LogP contribution in [-0.4, -0.2) is 58.1 Å². The van der Waals surface area contributed by atoms with Gasteiger partial charge in [0, 0.05) is 24.7 Å². The predicted molar refractivity (Wildman–Crippen MR) is 99.7 cm³/mol. The van der Waals surface area contributed by atoms with Gasteiger partial charge in [-0.2, -0.15) is 0 Å². The Morgan fingerprint density at radius 1 is 1.07 bits per heavy atom. The molecule has 3 heterocycles. The highest BCUT2D eigenvalue weighted by Crippen LogP contribution is 2.55. The number of hydrogen-bond acceptors (Lipinski definition) is 5. The van der Waals surface area contributed by atoms with Crippen molar-refractivity contribution in [1.29, 1.82) is 0 Å². The summed E-state index contributed by atoms with van der Waals surface area (Å²) >= 11 is 6.04. The van der Waals surface area contributed by atoms with Crippen molar-refractivity contribution in [3.05, 3.63) is 34.9 Å². The minimum Gasteiger partial charge on any atom is -0.420 e. The molecule has 0 N–H and O–H groups in total. The first-order valence-corrected chi connectivity index (χ1v) is 10.2. The molecule has 0 aromatic heterocycles. The fraction of sp³-hybridized carbons (Fsp3) is 0.550. The van der Waals surface area contributed by atoms with E-state index >= 15 is 0 Å². The lowest BCUT2D eigenvalue weighted by Gasteiger charge is -2.35. The van der Waals surface area contributed by atoms with E-state index in [4.69, 9.17) is 16.3 Å². The number of esters is 1. The third-order valence-electron chi connectivity index (χ3n) is 6.72. The molecule has 1 saturated carbocycles. The van der Waals surface area contributed by atoms with Crippen LogP contribution in [0, 0.1) is 5.92 Å². The highest BCUT2D eigenvalue weighted by molar-refractivity contribution is 6.35. The molecular formula is C20H22ClN3O4. The third kappa shape index (κ3) is 2.23. The number of carbonyl (C=O) groups excluding carboxylic acids is 3. The second kappa shape index (κ2) is 6.19. The molecule has 148 valence electrons. The molecule has 1 aromatic rings. The number of nitrogens with zero attached hydrogens (tertiary/aromatic N) is 3. The van der Waals surface area contributed by atoms with Crippen LogP contribution in [0.5, 0.6) is 0 Å². The Balaban J connectivity index is 1.58. The van der Waals surface area contributed by atoms with Crippen LogP contribution in [0.25, 0.3) is 0 Å². The number of benzene rings is 1. The Bertz CT molecular complexity index is 854. The normalized spacial score (nSPS) is 33.4.